The van der Waals surface area contributed by atoms with Crippen LogP contribution in [0.5, 0.6) is 5.75 Å². The van der Waals surface area contributed by atoms with Crippen LogP contribution in [0.2, 0.25) is 0 Å². The lowest BCUT2D eigenvalue weighted by Crippen LogP contribution is -2.03. The van der Waals surface area contributed by atoms with Crippen LogP contribution < -0.4 is 4.74 Å². The summed E-state index contributed by atoms with van der Waals surface area (Å²) in [6, 6.07) is 9.27. The average Bonchev–Trinajstić information content (AvgIpc) is 2.89. The van der Waals surface area contributed by atoms with E-state index in [1.807, 2.05) is 30.3 Å². The van der Waals surface area contributed by atoms with Gasteiger partial charge in [-0.15, -0.1) is 11.8 Å². The van der Waals surface area contributed by atoms with Gasteiger partial charge in [-0.05, 0) is 19.1 Å². The van der Waals surface area contributed by atoms with E-state index < -0.39 is 5.97 Å². The highest BCUT2D eigenvalue weighted by Crippen LogP contribution is 2.20. The Morgan fingerprint density at radius 1 is 1.40 bits per heavy atom. The highest BCUT2D eigenvalue weighted by molar-refractivity contribution is 5.88. The third-order valence-corrected chi connectivity index (χ3v) is 2.57. The van der Waals surface area contributed by atoms with Crippen LogP contribution in [0.25, 0.3) is 5.69 Å². The molecule has 5 heteroatoms. The van der Waals surface area contributed by atoms with Crippen LogP contribution >= 0.6 is 0 Å². The Morgan fingerprint density at radius 3 is 2.80 bits per heavy atom. The number of carboxylic acid groups (broad SMARTS) is 1. The molecule has 0 unspecified atom stereocenters. The van der Waals surface area contributed by atoms with Gasteiger partial charge in [0.25, 0.3) is 0 Å². The largest absolute Gasteiger partial charge is 0.488 e. The van der Waals surface area contributed by atoms with Gasteiger partial charge in [0.2, 0.25) is 5.69 Å². The monoisotopic (exact) mass is 270 g/mol. The summed E-state index contributed by atoms with van der Waals surface area (Å²) in [5.74, 6) is 4.75. The fraction of sp³-hybridized carbons (Fsp3) is 0.200. The number of carbonyl (C=O) groups is 1. The number of carboxylic acids is 1. The molecule has 1 aromatic carbocycles. The molecule has 0 aliphatic rings. The SMILES string of the molecule is CC#CCCOc1cn(-c2ccccc2)nc1C(=O)O. The second-order valence-corrected chi connectivity index (χ2v) is 3.95. The Morgan fingerprint density at radius 2 is 2.15 bits per heavy atom. The van der Waals surface area contributed by atoms with E-state index in [4.69, 9.17) is 9.84 Å². The number of benzene rings is 1. The number of hydrogen-bond donors (Lipinski definition) is 1. The van der Waals surface area contributed by atoms with E-state index >= 15 is 0 Å². The van der Waals surface area contributed by atoms with Crippen molar-refractivity contribution in [1.29, 1.82) is 0 Å². The van der Waals surface area contributed by atoms with Crippen molar-refractivity contribution in [3.63, 3.8) is 0 Å². The van der Waals surface area contributed by atoms with Crippen LogP contribution in [0.15, 0.2) is 36.5 Å². The molecule has 1 heterocycles. The number of nitrogens with zero attached hydrogens (tertiary/aromatic N) is 2. The van der Waals surface area contributed by atoms with Crippen molar-refractivity contribution in [2.75, 3.05) is 6.61 Å². The van der Waals surface area contributed by atoms with Crippen LogP contribution in [0.1, 0.15) is 23.8 Å². The number of aromatic nitrogens is 2. The van der Waals surface area contributed by atoms with Gasteiger partial charge in [-0.3, -0.25) is 0 Å². The molecule has 0 atom stereocenters. The van der Waals surface area contributed by atoms with Crippen LogP contribution in [0.4, 0.5) is 0 Å². The zero-order chi connectivity index (χ0) is 14.4. The van der Waals surface area contributed by atoms with E-state index in [1.54, 1.807) is 13.1 Å². The highest BCUT2D eigenvalue weighted by atomic mass is 16.5. The third-order valence-electron chi connectivity index (χ3n) is 2.57. The summed E-state index contributed by atoms with van der Waals surface area (Å²) in [5, 5.41) is 13.2. The molecule has 1 aromatic heterocycles. The number of para-hydroxylation sites is 1. The fourth-order valence-electron chi connectivity index (χ4n) is 1.66. The zero-order valence-electron chi connectivity index (χ0n) is 11.0. The van der Waals surface area contributed by atoms with E-state index in [2.05, 4.69) is 16.9 Å². The zero-order valence-corrected chi connectivity index (χ0v) is 11.0. The van der Waals surface area contributed by atoms with Gasteiger partial charge < -0.3 is 9.84 Å². The van der Waals surface area contributed by atoms with E-state index in [9.17, 15) is 4.79 Å². The van der Waals surface area contributed by atoms with Crippen molar-refractivity contribution >= 4 is 5.97 Å². The molecule has 0 fully saturated rings. The van der Waals surface area contributed by atoms with E-state index in [0.29, 0.717) is 13.0 Å². The van der Waals surface area contributed by atoms with Crippen molar-refractivity contribution in [2.45, 2.75) is 13.3 Å². The first-order chi connectivity index (χ1) is 9.72. The maximum Gasteiger partial charge on any atom is 0.360 e. The molecule has 0 saturated carbocycles. The molecule has 0 spiro atoms. The maximum atomic E-state index is 11.2. The van der Waals surface area contributed by atoms with Gasteiger partial charge in [0.1, 0.15) is 0 Å². The molecule has 0 aliphatic heterocycles. The number of hydrogen-bond acceptors (Lipinski definition) is 3. The molecular weight excluding hydrogens is 256 g/mol. The van der Waals surface area contributed by atoms with E-state index in [-0.39, 0.29) is 11.4 Å². The van der Waals surface area contributed by atoms with Gasteiger partial charge in [0.05, 0.1) is 18.5 Å². The predicted octanol–water partition coefficient (Wildman–Crippen LogP) is 2.36. The molecule has 0 aliphatic carbocycles. The molecule has 0 amide bonds. The lowest BCUT2D eigenvalue weighted by atomic mass is 10.3. The Kier molecular flexibility index (Phi) is 4.40. The first kappa shape index (κ1) is 13.7. The van der Waals surface area contributed by atoms with Crippen molar-refractivity contribution in [3.05, 3.63) is 42.2 Å². The van der Waals surface area contributed by atoms with Gasteiger partial charge >= 0.3 is 5.97 Å². The van der Waals surface area contributed by atoms with Gasteiger partial charge in [-0.25, -0.2) is 9.48 Å². The second kappa shape index (κ2) is 6.43. The Bertz CT molecular complexity index is 651. The normalized spacial score (nSPS) is 9.65. The average molecular weight is 270 g/mol. The van der Waals surface area contributed by atoms with Gasteiger partial charge in [-0.2, -0.15) is 5.10 Å². The molecule has 2 rings (SSSR count). The second-order valence-electron chi connectivity index (χ2n) is 3.95. The minimum absolute atomic E-state index is 0.0988. The molecule has 2 aromatic rings. The lowest BCUT2D eigenvalue weighted by molar-refractivity contribution is 0.0685. The van der Waals surface area contributed by atoms with Crippen LogP contribution in [0.3, 0.4) is 0 Å². The van der Waals surface area contributed by atoms with E-state index in [0.717, 1.165) is 5.69 Å². The van der Waals surface area contributed by atoms with Gasteiger partial charge in [0, 0.05) is 6.42 Å². The summed E-state index contributed by atoms with van der Waals surface area (Å²) in [6.45, 7) is 2.08. The molecule has 0 radical (unpaired) electrons. The molecular formula is C15H14N2O3. The number of aromatic carboxylic acids is 1. The summed E-state index contributed by atoms with van der Waals surface area (Å²) in [5.41, 5.74) is 0.677. The van der Waals surface area contributed by atoms with Crippen LogP contribution in [-0.4, -0.2) is 27.5 Å². The van der Waals surface area contributed by atoms with Crippen LogP contribution in [-0.2, 0) is 0 Å². The molecule has 0 saturated heterocycles. The number of rotatable bonds is 5. The van der Waals surface area contributed by atoms with Crippen molar-refractivity contribution in [3.8, 4) is 23.3 Å². The maximum absolute atomic E-state index is 11.2. The smallest absolute Gasteiger partial charge is 0.360 e. The standard InChI is InChI=1S/C15H14N2O3/c1-2-3-7-10-20-13-11-17(16-14(13)15(18)19)12-8-5-4-6-9-12/h4-6,8-9,11H,7,10H2,1H3,(H,18,19). The molecule has 0 bridgehead atoms. The van der Waals surface area contributed by atoms with Crippen molar-refractivity contribution in [1.82, 2.24) is 9.78 Å². The molecule has 102 valence electrons. The summed E-state index contributed by atoms with van der Waals surface area (Å²) in [7, 11) is 0. The summed E-state index contributed by atoms with van der Waals surface area (Å²) in [4.78, 5) is 11.2. The fourth-order valence-corrected chi connectivity index (χ4v) is 1.66. The Hall–Kier alpha value is -2.74. The highest BCUT2D eigenvalue weighted by Gasteiger charge is 2.17. The summed E-state index contributed by atoms with van der Waals surface area (Å²) in [6.07, 6.45) is 2.12. The third kappa shape index (κ3) is 3.18. The lowest BCUT2D eigenvalue weighted by Gasteiger charge is -2.00. The summed E-state index contributed by atoms with van der Waals surface area (Å²) >= 11 is 0. The first-order valence-electron chi connectivity index (χ1n) is 6.13. The topological polar surface area (TPSA) is 64.4 Å². The quantitative estimate of drug-likeness (QED) is 0.669. The van der Waals surface area contributed by atoms with Crippen molar-refractivity contribution in [2.24, 2.45) is 0 Å². The van der Waals surface area contributed by atoms with Crippen molar-refractivity contribution < 1.29 is 14.6 Å². The minimum Gasteiger partial charge on any atom is -0.488 e. The van der Waals surface area contributed by atoms with Gasteiger partial charge in [0.15, 0.2) is 5.75 Å². The minimum atomic E-state index is -1.11. The Balaban J connectivity index is 2.24. The first-order valence-corrected chi connectivity index (χ1v) is 6.13. The Labute approximate surface area is 116 Å². The molecule has 1 N–H and O–H groups in total. The van der Waals surface area contributed by atoms with E-state index in [1.165, 1.54) is 4.68 Å². The predicted molar refractivity (Wildman–Crippen MR) is 74.1 cm³/mol. The summed E-state index contributed by atoms with van der Waals surface area (Å²) < 4.78 is 6.93. The molecule has 5 nitrogen and oxygen atoms in total. The van der Waals surface area contributed by atoms with Gasteiger partial charge in [-0.1, -0.05) is 18.2 Å². The molecule has 20 heavy (non-hydrogen) atoms. The number of ether oxygens (including phenoxy) is 1. The van der Waals surface area contributed by atoms with Crippen LogP contribution in [0, 0.1) is 11.8 Å².